The van der Waals surface area contributed by atoms with E-state index in [1.54, 1.807) is 24.5 Å². The quantitative estimate of drug-likeness (QED) is 0.775. The fourth-order valence-electron chi connectivity index (χ4n) is 3.10. The van der Waals surface area contributed by atoms with Gasteiger partial charge in [0.05, 0.1) is 24.3 Å². The van der Waals surface area contributed by atoms with E-state index in [0.29, 0.717) is 11.5 Å². The normalized spacial score (nSPS) is 16.6. The summed E-state index contributed by atoms with van der Waals surface area (Å²) in [6.45, 7) is 0. The van der Waals surface area contributed by atoms with Crippen molar-refractivity contribution in [3.8, 4) is 11.5 Å². The van der Waals surface area contributed by atoms with Crippen molar-refractivity contribution in [1.29, 1.82) is 0 Å². The molecule has 1 aliphatic rings. The number of carbonyl (C=O) groups is 1. The molecule has 0 saturated carbocycles. The predicted octanol–water partition coefficient (Wildman–Crippen LogP) is 3.04. The summed E-state index contributed by atoms with van der Waals surface area (Å²) in [5, 5.41) is 2.93. The van der Waals surface area contributed by atoms with Crippen molar-refractivity contribution < 1.29 is 13.6 Å². The standard InChI is InChI=1S/C18H16N2O4/c21-17(19-13-3-1-4-15-11(13)8-10-24-15)12-6-7-14(20-18(12)22)16-5-2-9-23-16/h2,5-10,13H,1,3-4H2,(H,19,21)(H,20,22). The first-order valence-electron chi connectivity index (χ1n) is 7.87. The number of aromatic amines is 1. The monoisotopic (exact) mass is 324 g/mol. The summed E-state index contributed by atoms with van der Waals surface area (Å²) in [5.74, 6) is 1.07. The van der Waals surface area contributed by atoms with E-state index >= 15 is 0 Å². The zero-order valence-corrected chi connectivity index (χ0v) is 12.9. The highest BCUT2D eigenvalue weighted by Gasteiger charge is 2.25. The van der Waals surface area contributed by atoms with Crippen LogP contribution in [-0.4, -0.2) is 10.9 Å². The van der Waals surface area contributed by atoms with Crippen LogP contribution >= 0.6 is 0 Å². The number of hydrogen-bond donors (Lipinski definition) is 2. The Morgan fingerprint density at radius 1 is 1.17 bits per heavy atom. The van der Waals surface area contributed by atoms with E-state index < -0.39 is 5.56 Å². The Bertz CT molecular complexity index is 921. The summed E-state index contributed by atoms with van der Waals surface area (Å²) in [6, 6.07) is 8.42. The van der Waals surface area contributed by atoms with E-state index in [1.165, 1.54) is 12.3 Å². The van der Waals surface area contributed by atoms with E-state index in [2.05, 4.69) is 10.3 Å². The van der Waals surface area contributed by atoms with Gasteiger partial charge in [-0.1, -0.05) is 0 Å². The lowest BCUT2D eigenvalue weighted by atomic mass is 9.93. The van der Waals surface area contributed by atoms with Crippen LogP contribution in [0.4, 0.5) is 0 Å². The number of aryl methyl sites for hydroxylation is 1. The summed E-state index contributed by atoms with van der Waals surface area (Å²) in [7, 11) is 0. The first kappa shape index (κ1) is 14.6. The molecule has 1 aliphatic carbocycles. The van der Waals surface area contributed by atoms with Crippen molar-refractivity contribution in [2.75, 3.05) is 0 Å². The lowest BCUT2D eigenvalue weighted by molar-refractivity contribution is 0.0930. The molecule has 3 aromatic heterocycles. The van der Waals surface area contributed by atoms with Gasteiger partial charge in [0, 0.05) is 12.0 Å². The number of amides is 1. The number of pyridine rings is 1. The Hall–Kier alpha value is -3.02. The SMILES string of the molecule is O=C(NC1CCCc2occc21)c1ccc(-c2ccco2)[nH]c1=O. The maximum Gasteiger partial charge on any atom is 0.261 e. The third kappa shape index (κ3) is 2.56. The molecule has 1 amide bonds. The fraction of sp³-hybridized carbons (Fsp3) is 0.222. The van der Waals surface area contributed by atoms with Crippen molar-refractivity contribution in [2.45, 2.75) is 25.3 Å². The topological polar surface area (TPSA) is 88.2 Å². The second-order valence-corrected chi connectivity index (χ2v) is 5.81. The number of hydrogen-bond acceptors (Lipinski definition) is 4. The van der Waals surface area contributed by atoms with Crippen LogP contribution in [0.1, 0.15) is 40.6 Å². The molecule has 0 saturated heterocycles. The molecule has 0 aliphatic heterocycles. The number of carbonyl (C=O) groups excluding carboxylic acids is 1. The molecular formula is C18H16N2O4. The Kier molecular flexibility index (Phi) is 3.57. The van der Waals surface area contributed by atoms with Crippen LogP contribution in [0.15, 0.2) is 56.5 Å². The average molecular weight is 324 g/mol. The van der Waals surface area contributed by atoms with Gasteiger partial charge in [0.25, 0.3) is 11.5 Å². The third-order valence-corrected chi connectivity index (χ3v) is 4.30. The molecule has 3 heterocycles. The first-order chi connectivity index (χ1) is 11.7. The summed E-state index contributed by atoms with van der Waals surface area (Å²) < 4.78 is 10.7. The largest absolute Gasteiger partial charge is 0.469 e. The fourth-order valence-corrected chi connectivity index (χ4v) is 3.10. The van der Waals surface area contributed by atoms with Gasteiger partial charge in [-0.25, -0.2) is 0 Å². The number of fused-ring (bicyclic) bond motifs is 1. The van der Waals surface area contributed by atoms with Gasteiger partial charge in [-0.05, 0) is 43.2 Å². The lowest BCUT2D eigenvalue weighted by Gasteiger charge is -2.22. The van der Waals surface area contributed by atoms with Crippen molar-refractivity contribution in [2.24, 2.45) is 0 Å². The number of H-pyrrole nitrogens is 1. The smallest absolute Gasteiger partial charge is 0.261 e. The van der Waals surface area contributed by atoms with Gasteiger partial charge in [-0.15, -0.1) is 0 Å². The second kappa shape index (κ2) is 5.88. The molecule has 6 nitrogen and oxygen atoms in total. The van der Waals surface area contributed by atoms with E-state index in [-0.39, 0.29) is 17.5 Å². The van der Waals surface area contributed by atoms with Crippen LogP contribution in [0.5, 0.6) is 0 Å². The molecule has 0 bridgehead atoms. The average Bonchev–Trinajstić information content (AvgIpc) is 3.26. The highest BCUT2D eigenvalue weighted by molar-refractivity contribution is 5.94. The molecule has 24 heavy (non-hydrogen) atoms. The molecule has 0 radical (unpaired) electrons. The molecule has 4 rings (SSSR count). The summed E-state index contributed by atoms with van der Waals surface area (Å²) in [4.78, 5) is 27.4. The number of furan rings is 2. The summed E-state index contributed by atoms with van der Waals surface area (Å²) in [6.07, 6.45) is 5.83. The van der Waals surface area contributed by atoms with Crippen LogP contribution in [0, 0.1) is 0 Å². The van der Waals surface area contributed by atoms with Gasteiger partial charge in [0.15, 0.2) is 0 Å². The Morgan fingerprint density at radius 2 is 2.08 bits per heavy atom. The molecule has 0 aromatic carbocycles. The minimum absolute atomic E-state index is 0.0842. The van der Waals surface area contributed by atoms with E-state index in [4.69, 9.17) is 8.83 Å². The van der Waals surface area contributed by atoms with Gasteiger partial charge in [-0.3, -0.25) is 9.59 Å². The van der Waals surface area contributed by atoms with Gasteiger partial charge in [-0.2, -0.15) is 0 Å². The molecular weight excluding hydrogens is 308 g/mol. The number of aromatic nitrogens is 1. The molecule has 1 atom stereocenters. The molecule has 0 spiro atoms. The van der Waals surface area contributed by atoms with Crippen LogP contribution in [0.3, 0.4) is 0 Å². The van der Waals surface area contributed by atoms with E-state index in [1.807, 2.05) is 6.07 Å². The minimum Gasteiger partial charge on any atom is -0.469 e. The van der Waals surface area contributed by atoms with Crippen molar-refractivity contribution in [1.82, 2.24) is 10.3 Å². The van der Waals surface area contributed by atoms with Crippen molar-refractivity contribution in [3.63, 3.8) is 0 Å². The minimum atomic E-state index is -0.440. The van der Waals surface area contributed by atoms with E-state index in [9.17, 15) is 9.59 Å². The van der Waals surface area contributed by atoms with Crippen LogP contribution < -0.4 is 10.9 Å². The van der Waals surface area contributed by atoms with E-state index in [0.717, 1.165) is 30.6 Å². The Labute approximate surface area is 137 Å². The van der Waals surface area contributed by atoms with Crippen molar-refractivity contribution in [3.05, 3.63) is 70.1 Å². The first-order valence-corrected chi connectivity index (χ1v) is 7.87. The Morgan fingerprint density at radius 3 is 2.88 bits per heavy atom. The van der Waals surface area contributed by atoms with Gasteiger partial charge < -0.3 is 19.1 Å². The molecule has 6 heteroatoms. The zero-order valence-electron chi connectivity index (χ0n) is 12.9. The third-order valence-electron chi connectivity index (χ3n) is 4.30. The molecule has 3 aromatic rings. The highest BCUT2D eigenvalue weighted by Crippen LogP contribution is 2.30. The lowest BCUT2D eigenvalue weighted by Crippen LogP contribution is -2.34. The maximum atomic E-state index is 12.5. The molecule has 1 unspecified atom stereocenters. The van der Waals surface area contributed by atoms with Crippen molar-refractivity contribution >= 4 is 5.91 Å². The van der Waals surface area contributed by atoms with Gasteiger partial charge in [0.2, 0.25) is 0 Å². The Balaban J connectivity index is 1.57. The van der Waals surface area contributed by atoms with Crippen LogP contribution in [-0.2, 0) is 6.42 Å². The maximum absolute atomic E-state index is 12.5. The zero-order chi connectivity index (χ0) is 16.5. The molecule has 2 N–H and O–H groups in total. The van der Waals surface area contributed by atoms with Crippen LogP contribution in [0.25, 0.3) is 11.5 Å². The number of nitrogens with one attached hydrogen (secondary N) is 2. The summed E-state index contributed by atoms with van der Waals surface area (Å²) in [5.41, 5.74) is 1.18. The predicted molar refractivity (Wildman–Crippen MR) is 86.6 cm³/mol. The second-order valence-electron chi connectivity index (χ2n) is 5.81. The molecule has 122 valence electrons. The van der Waals surface area contributed by atoms with Crippen LogP contribution in [0.2, 0.25) is 0 Å². The molecule has 0 fully saturated rings. The number of rotatable bonds is 3. The van der Waals surface area contributed by atoms with Gasteiger partial charge in [0.1, 0.15) is 17.1 Å². The highest BCUT2D eigenvalue weighted by atomic mass is 16.3. The summed E-state index contributed by atoms with van der Waals surface area (Å²) >= 11 is 0. The van der Waals surface area contributed by atoms with Gasteiger partial charge >= 0.3 is 0 Å².